The van der Waals surface area contributed by atoms with Crippen molar-refractivity contribution in [2.75, 3.05) is 0 Å². The maximum Gasteiger partial charge on any atom is 0.168 e. The highest BCUT2D eigenvalue weighted by Crippen LogP contribution is 2.34. The maximum atomic E-state index is 13.5. The van der Waals surface area contributed by atoms with E-state index in [-0.39, 0.29) is 5.75 Å². The van der Waals surface area contributed by atoms with Crippen LogP contribution in [0.3, 0.4) is 0 Å². The van der Waals surface area contributed by atoms with E-state index in [1.807, 2.05) is 0 Å². The van der Waals surface area contributed by atoms with Crippen LogP contribution in [0.5, 0.6) is 5.75 Å². The number of phenolic OH excluding ortho intramolecular Hbond substituents is 1. The summed E-state index contributed by atoms with van der Waals surface area (Å²) in [6.07, 6.45) is 1.84. The minimum Gasteiger partial charge on any atom is -0.505 e. The number of rotatable bonds is 1. The first-order chi connectivity index (χ1) is 7.15. The number of aromatic hydroxyl groups is 1. The first-order valence-corrected chi connectivity index (χ1v) is 4.80. The molecule has 1 aliphatic rings. The Kier molecular flexibility index (Phi) is 2.31. The third kappa shape index (κ3) is 1.44. The van der Waals surface area contributed by atoms with Gasteiger partial charge >= 0.3 is 0 Å². The van der Waals surface area contributed by atoms with E-state index in [1.165, 1.54) is 6.07 Å². The van der Waals surface area contributed by atoms with Crippen LogP contribution in [0.25, 0.3) is 5.57 Å². The molecule has 1 aliphatic carbocycles. The first-order valence-electron chi connectivity index (χ1n) is 4.80. The summed E-state index contributed by atoms with van der Waals surface area (Å²) >= 11 is 0. The molecular weight excluding hydrogens is 195 g/mol. The van der Waals surface area contributed by atoms with E-state index >= 15 is 0 Å². The molecule has 1 aromatic rings. The monoisotopic (exact) mass is 206 g/mol. The highest BCUT2D eigenvalue weighted by molar-refractivity contribution is 5.89. The summed E-state index contributed by atoms with van der Waals surface area (Å²) in [4.78, 5) is 10.7. The van der Waals surface area contributed by atoms with Crippen molar-refractivity contribution in [1.82, 2.24) is 0 Å². The van der Waals surface area contributed by atoms with Crippen molar-refractivity contribution in [3.05, 3.63) is 34.6 Å². The van der Waals surface area contributed by atoms with Crippen LogP contribution < -0.4 is 0 Å². The van der Waals surface area contributed by atoms with Gasteiger partial charge in [-0.1, -0.05) is 6.07 Å². The van der Waals surface area contributed by atoms with E-state index in [1.54, 1.807) is 13.0 Å². The summed E-state index contributed by atoms with van der Waals surface area (Å²) < 4.78 is 13.5. The van der Waals surface area contributed by atoms with Gasteiger partial charge in [0, 0.05) is 0 Å². The average Bonchev–Trinajstić information content (AvgIpc) is 2.24. The first kappa shape index (κ1) is 9.90. The second-order valence-electron chi connectivity index (χ2n) is 3.69. The second kappa shape index (κ2) is 3.50. The molecule has 78 valence electrons. The lowest BCUT2D eigenvalue weighted by molar-refractivity contribution is -0.105. The largest absolute Gasteiger partial charge is 0.505 e. The summed E-state index contributed by atoms with van der Waals surface area (Å²) in [7, 11) is 0. The number of phenols is 1. The van der Waals surface area contributed by atoms with Crippen LogP contribution in [0.4, 0.5) is 4.39 Å². The molecule has 0 aliphatic heterocycles. The Morgan fingerprint density at radius 1 is 1.40 bits per heavy atom. The normalized spacial score (nSPS) is 15.1. The van der Waals surface area contributed by atoms with E-state index < -0.39 is 5.82 Å². The smallest absolute Gasteiger partial charge is 0.168 e. The van der Waals surface area contributed by atoms with E-state index in [9.17, 15) is 14.3 Å². The second-order valence-corrected chi connectivity index (χ2v) is 3.69. The Morgan fingerprint density at radius 2 is 2.13 bits per heavy atom. The molecule has 0 fully saturated rings. The molecule has 0 atom stereocenters. The Morgan fingerprint density at radius 3 is 2.80 bits per heavy atom. The molecule has 0 saturated heterocycles. The number of aldehydes is 1. The van der Waals surface area contributed by atoms with Crippen molar-refractivity contribution in [3.63, 3.8) is 0 Å². The fourth-order valence-electron chi connectivity index (χ4n) is 1.97. The number of carbonyl (C=O) groups is 1. The summed E-state index contributed by atoms with van der Waals surface area (Å²) in [5.74, 6) is -0.882. The molecule has 0 aromatic heterocycles. The minimum atomic E-state index is -0.559. The van der Waals surface area contributed by atoms with Crippen molar-refractivity contribution in [2.24, 2.45) is 0 Å². The fourth-order valence-corrected chi connectivity index (χ4v) is 1.97. The Bertz CT molecular complexity index is 461. The van der Waals surface area contributed by atoms with Gasteiger partial charge in [-0.3, -0.25) is 4.79 Å². The molecule has 0 unspecified atom stereocenters. The third-order valence-electron chi connectivity index (χ3n) is 2.90. The van der Waals surface area contributed by atoms with Crippen LogP contribution in [-0.4, -0.2) is 11.4 Å². The van der Waals surface area contributed by atoms with Gasteiger partial charge in [-0.25, -0.2) is 4.39 Å². The Balaban J connectivity index is 2.66. The number of benzene rings is 1. The quantitative estimate of drug-likeness (QED) is 0.716. The number of fused-ring (bicyclic) bond motifs is 1. The number of hydrogen-bond acceptors (Lipinski definition) is 2. The molecule has 3 heteroatoms. The van der Waals surface area contributed by atoms with Crippen molar-refractivity contribution in [3.8, 4) is 5.75 Å². The van der Waals surface area contributed by atoms with Gasteiger partial charge in [0.1, 0.15) is 6.29 Å². The molecule has 1 N–H and O–H groups in total. The van der Waals surface area contributed by atoms with Crippen molar-refractivity contribution in [2.45, 2.75) is 19.8 Å². The fraction of sp³-hybridized carbons (Fsp3) is 0.250. The molecule has 15 heavy (non-hydrogen) atoms. The zero-order valence-electron chi connectivity index (χ0n) is 8.38. The molecule has 1 aromatic carbocycles. The van der Waals surface area contributed by atoms with Crippen LogP contribution in [-0.2, 0) is 11.2 Å². The number of hydrogen-bond donors (Lipinski definition) is 1. The minimum absolute atomic E-state index is 0.323. The van der Waals surface area contributed by atoms with Gasteiger partial charge in [-0.05, 0) is 48.1 Å². The predicted octanol–water partition coefficient (Wildman–Crippen LogP) is 2.45. The van der Waals surface area contributed by atoms with E-state index in [0.29, 0.717) is 24.0 Å². The van der Waals surface area contributed by atoms with Gasteiger partial charge in [0.25, 0.3) is 0 Å². The van der Waals surface area contributed by atoms with Crippen molar-refractivity contribution < 1.29 is 14.3 Å². The molecule has 2 nitrogen and oxygen atoms in total. The zero-order chi connectivity index (χ0) is 11.0. The van der Waals surface area contributed by atoms with Crippen LogP contribution >= 0.6 is 0 Å². The van der Waals surface area contributed by atoms with Crippen LogP contribution in [0.1, 0.15) is 24.5 Å². The van der Waals surface area contributed by atoms with Gasteiger partial charge < -0.3 is 5.11 Å². The molecule has 0 amide bonds. The summed E-state index contributed by atoms with van der Waals surface area (Å²) in [6.45, 7) is 1.80. The summed E-state index contributed by atoms with van der Waals surface area (Å²) in [6, 6.07) is 2.98. The lowest BCUT2D eigenvalue weighted by atomic mass is 9.86. The zero-order valence-corrected chi connectivity index (χ0v) is 8.38. The molecule has 2 rings (SSSR count). The highest BCUT2D eigenvalue weighted by atomic mass is 19.1. The Labute approximate surface area is 87.0 Å². The maximum absolute atomic E-state index is 13.5. The topological polar surface area (TPSA) is 37.3 Å². The number of allylic oxidation sites excluding steroid dienone is 2. The standard InChI is InChI=1S/C12H11FO2/c1-7-8(6-14)2-3-10-9(7)4-5-11(15)12(10)13/h4-6,15H,2-3H2,1H3. The lowest BCUT2D eigenvalue weighted by Crippen LogP contribution is -2.06. The van der Waals surface area contributed by atoms with Gasteiger partial charge in [0.2, 0.25) is 0 Å². The van der Waals surface area contributed by atoms with Gasteiger partial charge in [0.05, 0.1) is 0 Å². The van der Waals surface area contributed by atoms with Crippen molar-refractivity contribution in [1.29, 1.82) is 0 Å². The number of halogens is 1. The molecular formula is C12H11FO2. The summed E-state index contributed by atoms with van der Waals surface area (Å²) in [5, 5.41) is 9.22. The molecule has 0 bridgehead atoms. The summed E-state index contributed by atoms with van der Waals surface area (Å²) in [5.41, 5.74) is 2.77. The van der Waals surface area contributed by atoms with E-state index in [2.05, 4.69) is 0 Å². The van der Waals surface area contributed by atoms with E-state index in [0.717, 1.165) is 17.4 Å². The SMILES string of the molecule is CC1=C(C=O)CCc2c1ccc(O)c2F. The molecule has 0 radical (unpaired) electrons. The van der Waals surface area contributed by atoms with Crippen molar-refractivity contribution >= 4 is 11.9 Å². The van der Waals surface area contributed by atoms with Crippen LogP contribution in [0, 0.1) is 5.82 Å². The third-order valence-corrected chi connectivity index (χ3v) is 2.90. The lowest BCUT2D eigenvalue weighted by Gasteiger charge is -2.19. The van der Waals surface area contributed by atoms with Gasteiger partial charge in [0.15, 0.2) is 11.6 Å². The Hall–Kier alpha value is -1.64. The van der Waals surface area contributed by atoms with Crippen LogP contribution in [0.2, 0.25) is 0 Å². The van der Waals surface area contributed by atoms with Gasteiger partial charge in [-0.15, -0.1) is 0 Å². The average molecular weight is 206 g/mol. The van der Waals surface area contributed by atoms with E-state index in [4.69, 9.17) is 0 Å². The number of carbonyl (C=O) groups excluding carboxylic acids is 1. The highest BCUT2D eigenvalue weighted by Gasteiger charge is 2.20. The van der Waals surface area contributed by atoms with Crippen LogP contribution in [0.15, 0.2) is 17.7 Å². The van der Waals surface area contributed by atoms with Gasteiger partial charge in [-0.2, -0.15) is 0 Å². The predicted molar refractivity (Wildman–Crippen MR) is 55.0 cm³/mol. The molecule has 0 spiro atoms. The molecule has 0 saturated carbocycles. The molecule has 0 heterocycles.